The summed E-state index contributed by atoms with van der Waals surface area (Å²) in [7, 11) is 0. The maximum Gasteiger partial charge on any atom is 0.392 e. The van der Waals surface area contributed by atoms with Gasteiger partial charge in [0, 0.05) is 37.8 Å². The predicted molar refractivity (Wildman–Crippen MR) is 125 cm³/mol. The largest absolute Gasteiger partial charge is 0.392 e. The molecule has 0 saturated carbocycles. The molecule has 0 radical (unpaired) electrons. The third-order valence-corrected chi connectivity index (χ3v) is 6.38. The number of nitrogens with one attached hydrogen (secondary N) is 1. The van der Waals surface area contributed by atoms with Crippen molar-refractivity contribution in [2.24, 2.45) is 11.7 Å². The molecule has 9 nitrogen and oxygen atoms in total. The van der Waals surface area contributed by atoms with Crippen molar-refractivity contribution in [3.63, 3.8) is 0 Å². The summed E-state index contributed by atoms with van der Waals surface area (Å²) in [5.74, 6) is -0.476. The van der Waals surface area contributed by atoms with E-state index in [9.17, 15) is 18.0 Å². The van der Waals surface area contributed by atoms with Crippen LogP contribution in [0.25, 0.3) is 17.2 Å². The number of hydrogen-bond donors (Lipinski definition) is 2. The molecular formula is C24H25F3N8O. The summed E-state index contributed by atoms with van der Waals surface area (Å²) >= 11 is 0. The second-order valence-electron chi connectivity index (χ2n) is 8.74. The fourth-order valence-corrected chi connectivity index (χ4v) is 4.36. The number of carbonyl (C=O) groups excluding carboxylic acids is 1. The average molecular weight is 499 g/mol. The van der Waals surface area contributed by atoms with E-state index in [2.05, 4.69) is 25.4 Å². The van der Waals surface area contributed by atoms with Gasteiger partial charge < -0.3 is 11.1 Å². The number of aryl methyl sites for hydroxylation is 2. The zero-order chi connectivity index (χ0) is 25.4. The number of aromatic nitrogens is 6. The van der Waals surface area contributed by atoms with Crippen molar-refractivity contribution < 1.29 is 18.0 Å². The summed E-state index contributed by atoms with van der Waals surface area (Å²) < 4.78 is 42.4. The van der Waals surface area contributed by atoms with Crippen molar-refractivity contribution in [2.45, 2.75) is 52.0 Å². The smallest absolute Gasteiger partial charge is 0.347 e. The van der Waals surface area contributed by atoms with E-state index in [0.717, 1.165) is 5.56 Å². The van der Waals surface area contributed by atoms with E-state index in [1.807, 2.05) is 19.1 Å². The highest BCUT2D eigenvalue weighted by Gasteiger charge is 2.42. The third-order valence-electron chi connectivity index (χ3n) is 6.38. The summed E-state index contributed by atoms with van der Waals surface area (Å²) in [6.07, 6.45) is -2.06. The van der Waals surface area contributed by atoms with Crippen LogP contribution in [0.4, 0.5) is 13.2 Å². The van der Waals surface area contributed by atoms with Gasteiger partial charge in [-0.3, -0.25) is 9.20 Å². The van der Waals surface area contributed by atoms with E-state index < -0.39 is 12.1 Å². The second-order valence-corrected chi connectivity index (χ2v) is 8.74. The van der Waals surface area contributed by atoms with Gasteiger partial charge in [0.05, 0.1) is 17.3 Å². The Kier molecular flexibility index (Phi) is 6.20. The van der Waals surface area contributed by atoms with Gasteiger partial charge in [0.15, 0.2) is 5.82 Å². The first kappa shape index (κ1) is 23.9. The number of alkyl halides is 3. The molecule has 12 heteroatoms. The van der Waals surface area contributed by atoms with Crippen LogP contribution in [0.2, 0.25) is 0 Å². The third kappa shape index (κ3) is 4.55. The topological polar surface area (TPSA) is 116 Å². The van der Waals surface area contributed by atoms with Gasteiger partial charge in [-0.15, -0.1) is 0 Å². The molecule has 5 rings (SSSR count). The number of carbonyl (C=O) groups is 1. The van der Waals surface area contributed by atoms with E-state index in [-0.39, 0.29) is 38.4 Å². The highest BCUT2D eigenvalue weighted by molar-refractivity contribution is 5.94. The van der Waals surface area contributed by atoms with E-state index >= 15 is 0 Å². The van der Waals surface area contributed by atoms with E-state index in [1.165, 1.54) is 0 Å². The summed E-state index contributed by atoms with van der Waals surface area (Å²) in [5, 5.41) is 7.30. The van der Waals surface area contributed by atoms with Gasteiger partial charge in [0.2, 0.25) is 5.78 Å². The molecule has 4 aromatic rings. The highest BCUT2D eigenvalue weighted by Crippen LogP contribution is 2.34. The molecule has 0 spiro atoms. The minimum atomic E-state index is -4.23. The number of fused-ring (bicyclic) bond motifs is 2. The van der Waals surface area contributed by atoms with Gasteiger partial charge in [-0.1, -0.05) is 31.2 Å². The Morgan fingerprint density at radius 3 is 2.64 bits per heavy atom. The Hall–Kier alpha value is -3.80. The van der Waals surface area contributed by atoms with Gasteiger partial charge in [-0.2, -0.15) is 18.3 Å². The molecule has 36 heavy (non-hydrogen) atoms. The summed E-state index contributed by atoms with van der Waals surface area (Å²) in [4.78, 5) is 26.2. The maximum absolute atomic E-state index is 13.1. The van der Waals surface area contributed by atoms with Crippen LogP contribution in [0.5, 0.6) is 0 Å². The second kappa shape index (κ2) is 9.34. The molecule has 3 aromatic heterocycles. The van der Waals surface area contributed by atoms with Gasteiger partial charge in [0.1, 0.15) is 11.5 Å². The van der Waals surface area contributed by atoms with Crippen LogP contribution in [0.1, 0.15) is 46.6 Å². The Bertz CT molecular complexity index is 1410. The Morgan fingerprint density at radius 2 is 1.94 bits per heavy atom. The number of nitrogens with two attached hydrogens (primary N) is 1. The fraction of sp³-hybridized carbons (Fsp3) is 0.375. The van der Waals surface area contributed by atoms with Gasteiger partial charge in [-0.05, 0) is 24.5 Å². The highest BCUT2D eigenvalue weighted by atomic mass is 19.4. The molecule has 3 N–H and O–H groups in total. The molecule has 0 fully saturated rings. The quantitative estimate of drug-likeness (QED) is 0.422. The summed E-state index contributed by atoms with van der Waals surface area (Å²) in [5.41, 5.74) is 8.98. The Morgan fingerprint density at radius 1 is 1.17 bits per heavy atom. The number of amides is 1. The normalized spacial score (nSPS) is 15.8. The molecule has 4 heterocycles. The molecule has 1 atom stereocenters. The molecule has 1 unspecified atom stereocenters. The minimum absolute atomic E-state index is 0.00833. The number of nitrogens with zero attached hydrogens (tertiary/aromatic N) is 6. The molecular weight excluding hydrogens is 473 g/mol. The zero-order valence-corrected chi connectivity index (χ0v) is 19.6. The van der Waals surface area contributed by atoms with Crippen LogP contribution in [0, 0.1) is 5.92 Å². The Labute approximate surface area is 204 Å². The molecule has 1 amide bonds. The lowest BCUT2D eigenvalue weighted by molar-refractivity contribution is -0.179. The van der Waals surface area contributed by atoms with Crippen LogP contribution >= 0.6 is 0 Å². The first-order chi connectivity index (χ1) is 17.3. The molecule has 188 valence electrons. The number of rotatable bonds is 6. The van der Waals surface area contributed by atoms with Crippen LogP contribution in [-0.2, 0) is 32.5 Å². The van der Waals surface area contributed by atoms with Crippen LogP contribution in [0.3, 0.4) is 0 Å². The summed E-state index contributed by atoms with van der Waals surface area (Å²) in [6, 6.07) is 9.02. The average Bonchev–Trinajstić information content (AvgIpc) is 3.47. The number of imidazole rings is 1. The standard InChI is InChI=1S/C24H25F3N8O/c1-2-18-20(34-9-8-17(12-28)30-23(34)31-18)22(36)29-13-14-3-5-15(6-4-14)21-32-19-11-16(24(25,26)27)7-10-35(19)33-21/h3-6,8-9,16H,2,7,10-13,28H2,1H3,(H,29,36). The molecule has 1 aliphatic heterocycles. The number of benzene rings is 1. The molecule has 0 saturated heterocycles. The molecule has 0 bridgehead atoms. The van der Waals surface area contributed by atoms with E-state index in [0.29, 0.717) is 46.5 Å². The van der Waals surface area contributed by atoms with Crippen LogP contribution in [0.15, 0.2) is 36.5 Å². The Balaban J connectivity index is 1.28. The molecule has 1 aromatic carbocycles. The molecule has 0 aliphatic carbocycles. The predicted octanol–water partition coefficient (Wildman–Crippen LogP) is 3.06. The minimum Gasteiger partial charge on any atom is -0.347 e. The van der Waals surface area contributed by atoms with E-state index in [4.69, 9.17) is 5.73 Å². The van der Waals surface area contributed by atoms with Crippen molar-refractivity contribution in [3.8, 4) is 11.4 Å². The van der Waals surface area contributed by atoms with E-state index in [1.54, 1.807) is 33.5 Å². The van der Waals surface area contributed by atoms with Crippen LogP contribution in [-0.4, -0.2) is 41.2 Å². The zero-order valence-electron chi connectivity index (χ0n) is 19.6. The lowest BCUT2D eigenvalue weighted by Gasteiger charge is -2.24. The van der Waals surface area contributed by atoms with Crippen molar-refractivity contribution in [1.29, 1.82) is 0 Å². The van der Waals surface area contributed by atoms with Gasteiger partial charge >= 0.3 is 6.18 Å². The first-order valence-electron chi connectivity index (χ1n) is 11.7. The maximum atomic E-state index is 13.1. The van der Waals surface area contributed by atoms with Crippen molar-refractivity contribution in [1.82, 2.24) is 34.4 Å². The number of halogens is 3. The van der Waals surface area contributed by atoms with Crippen molar-refractivity contribution in [3.05, 3.63) is 65.0 Å². The lowest BCUT2D eigenvalue weighted by atomic mass is 9.98. The lowest BCUT2D eigenvalue weighted by Crippen LogP contribution is -2.31. The number of hydrogen-bond acceptors (Lipinski definition) is 6. The van der Waals surface area contributed by atoms with Gasteiger partial charge in [0.25, 0.3) is 5.91 Å². The fourth-order valence-electron chi connectivity index (χ4n) is 4.36. The summed E-state index contributed by atoms with van der Waals surface area (Å²) in [6.45, 7) is 2.69. The monoisotopic (exact) mass is 498 g/mol. The van der Waals surface area contributed by atoms with Crippen molar-refractivity contribution >= 4 is 11.7 Å². The van der Waals surface area contributed by atoms with Crippen LogP contribution < -0.4 is 11.1 Å². The SMILES string of the molecule is CCc1nc2nc(CN)ccn2c1C(=O)NCc1ccc(-c2nc3n(n2)CCC(C(F)(F)F)C3)cc1. The van der Waals surface area contributed by atoms with Crippen molar-refractivity contribution in [2.75, 3.05) is 0 Å². The first-order valence-corrected chi connectivity index (χ1v) is 11.7. The van der Waals surface area contributed by atoms with Gasteiger partial charge in [-0.25, -0.2) is 19.6 Å². The molecule has 1 aliphatic rings.